The first-order valence-electron chi connectivity index (χ1n) is 24.1. The third kappa shape index (κ3) is 8.35. The Balaban J connectivity index is 0.000000156. The van der Waals surface area contributed by atoms with Gasteiger partial charge in [0, 0.05) is 81.5 Å². The Morgan fingerprint density at radius 2 is 1.17 bits per heavy atom. The molecule has 2 saturated carbocycles. The van der Waals surface area contributed by atoms with Gasteiger partial charge in [-0.05, 0) is 110 Å². The summed E-state index contributed by atoms with van der Waals surface area (Å²) in [4.78, 5) is 48.6. The summed E-state index contributed by atoms with van der Waals surface area (Å²) in [6.07, 6.45) is 13.1. The smallest absolute Gasteiger partial charge is 0.185 e. The fourth-order valence-corrected chi connectivity index (χ4v) is 11.6. The number of ether oxygens (including phenoxy) is 2. The third-order valence-electron chi connectivity index (χ3n) is 14.8. The fourth-order valence-electron chi connectivity index (χ4n) is 11.6. The Labute approximate surface area is 411 Å². The number of carbonyl (C=O) groups is 2. The molecule has 2 aliphatic heterocycles. The van der Waals surface area contributed by atoms with E-state index in [1.165, 1.54) is 92.7 Å². The summed E-state index contributed by atoms with van der Waals surface area (Å²) >= 11 is 0. The van der Waals surface area contributed by atoms with Crippen LogP contribution in [0.15, 0.2) is 85.5 Å². The molecule has 368 valence electrons. The number of Topliss-reactive ketones (excluding diaryl/α,β-unsaturated/α-hetero) is 2. The van der Waals surface area contributed by atoms with Crippen LogP contribution >= 0.6 is 0 Å². The molecule has 0 unspecified atom stereocenters. The van der Waals surface area contributed by atoms with Gasteiger partial charge < -0.3 is 19.3 Å². The summed E-state index contributed by atoms with van der Waals surface area (Å²) in [5, 5.41) is 10.0. The van der Waals surface area contributed by atoms with Crippen molar-refractivity contribution in [2.24, 2.45) is 25.9 Å². The van der Waals surface area contributed by atoms with Crippen LogP contribution in [0.3, 0.4) is 0 Å². The minimum Gasteiger partial charge on any atom is -0.496 e. The van der Waals surface area contributed by atoms with Crippen LogP contribution in [0.2, 0.25) is 0 Å². The first-order chi connectivity index (χ1) is 34.9. The molecule has 18 heteroatoms. The van der Waals surface area contributed by atoms with Gasteiger partial charge in [0.05, 0.1) is 42.9 Å². The van der Waals surface area contributed by atoms with Gasteiger partial charge in [0.25, 0.3) is 0 Å². The Hall–Kier alpha value is -7.76. The number of nitrogens with zero attached hydrogens (tertiary/aromatic N) is 10. The molecular formula is C54H50F4N10O4. The molecule has 72 heavy (non-hydrogen) atoms. The second-order valence-corrected chi connectivity index (χ2v) is 19.2. The average molecular weight is 979 g/mol. The van der Waals surface area contributed by atoms with E-state index in [0.29, 0.717) is 56.9 Å². The number of aromatic nitrogens is 8. The first kappa shape index (κ1) is 46.6. The first-order valence-corrected chi connectivity index (χ1v) is 24.1. The predicted octanol–water partition coefficient (Wildman–Crippen LogP) is 9.46. The summed E-state index contributed by atoms with van der Waals surface area (Å²) in [5.74, 6) is -0.672. The Morgan fingerprint density at radius 3 is 1.65 bits per heavy atom. The molecule has 12 rings (SSSR count). The van der Waals surface area contributed by atoms with E-state index in [2.05, 4.69) is 39.9 Å². The van der Waals surface area contributed by atoms with Gasteiger partial charge in [-0.2, -0.15) is 10.2 Å². The summed E-state index contributed by atoms with van der Waals surface area (Å²) < 4.78 is 73.2. The molecule has 0 radical (unpaired) electrons. The van der Waals surface area contributed by atoms with Crippen molar-refractivity contribution in [1.82, 2.24) is 39.5 Å². The van der Waals surface area contributed by atoms with Crippen LogP contribution in [0.5, 0.6) is 11.5 Å². The normalized spacial score (nSPS) is 18.8. The van der Waals surface area contributed by atoms with Crippen molar-refractivity contribution in [3.05, 3.63) is 131 Å². The number of ketones is 2. The highest BCUT2D eigenvalue weighted by molar-refractivity contribution is 6.02. The van der Waals surface area contributed by atoms with E-state index >= 15 is 8.78 Å². The number of methoxy groups -OCH3 is 2. The fraction of sp³-hybridized carbons (Fsp3) is 0.333. The number of carbonyl (C=O) groups excluding carboxylic acids is 2. The maximum Gasteiger partial charge on any atom is 0.185 e. The van der Waals surface area contributed by atoms with E-state index in [-0.39, 0.29) is 70.1 Å². The number of hydrogen-bond donors (Lipinski definition) is 0. The van der Waals surface area contributed by atoms with E-state index in [1.807, 2.05) is 6.20 Å². The maximum absolute atomic E-state index is 15.2. The minimum absolute atomic E-state index is 0.0458. The van der Waals surface area contributed by atoms with Crippen molar-refractivity contribution in [1.29, 1.82) is 0 Å². The van der Waals surface area contributed by atoms with Gasteiger partial charge in [0.15, 0.2) is 29.0 Å². The quantitative estimate of drug-likeness (QED) is 0.0849. The second kappa shape index (κ2) is 18.8. The average Bonchev–Trinajstić information content (AvgIpc) is 4.27. The van der Waals surface area contributed by atoms with Gasteiger partial charge in [-0.25, -0.2) is 37.5 Å². The van der Waals surface area contributed by atoms with Crippen LogP contribution in [0.1, 0.15) is 70.6 Å². The van der Waals surface area contributed by atoms with E-state index in [4.69, 9.17) is 9.47 Å². The van der Waals surface area contributed by atoms with Crippen LogP contribution in [-0.2, 0) is 26.9 Å². The summed E-state index contributed by atoms with van der Waals surface area (Å²) in [5.41, 5.74) is 4.15. The van der Waals surface area contributed by atoms with Crippen LogP contribution in [0.25, 0.3) is 44.6 Å². The number of benzene rings is 4. The number of aryl methyl sites for hydroxylation is 2. The molecule has 0 amide bonds. The topological polar surface area (TPSA) is 146 Å². The number of rotatable bonds is 12. The van der Waals surface area contributed by atoms with Crippen LogP contribution in [0, 0.1) is 35.1 Å². The number of fused-ring (bicyclic) bond motifs is 6. The molecule has 14 nitrogen and oxygen atoms in total. The molecule has 0 N–H and O–H groups in total. The summed E-state index contributed by atoms with van der Waals surface area (Å²) in [7, 11) is 6.35. The van der Waals surface area contributed by atoms with Crippen LogP contribution in [-0.4, -0.2) is 90.5 Å². The van der Waals surface area contributed by atoms with Gasteiger partial charge in [-0.3, -0.25) is 19.0 Å². The van der Waals surface area contributed by atoms with Crippen molar-refractivity contribution in [3.8, 4) is 34.3 Å². The third-order valence-corrected chi connectivity index (χ3v) is 14.8. The molecule has 4 fully saturated rings. The summed E-state index contributed by atoms with van der Waals surface area (Å²) in [6.45, 7) is 1.79. The molecule has 6 heterocycles. The van der Waals surface area contributed by atoms with Crippen molar-refractivity contribution in [3.63, 3.8) is 0 Å². The second-order valence-electron chi connectivity index (χ2n) is 19.2. The zero-order valence-corrected chi connectivity index (χ0v) is 40.1. The molecule has 4 aliphatic rings. The van der Waals surface area contributed by atoms with Crippen LogP contribution < -0.4 is 19.3 Å². The van der Waals surface area contributed by atoms with Gasteiger partial charge in [-0.15, -0.1) is 0 Å². The van der Waals surface area contributed by atoms with Crippen molar-refractivity contribution < 1.29 is 36.6 Å². The zero-order valence-electron chi connectivity index (χ0n) is 40.1. The molecule has 4 bridgehead atoms. The van der Waals surface area contributed by atoms with Gasteiger partial charge in [0.1, 0.15) is 51.4 Å². The minimum atomic E-state index is -0.547. The van der Waals surface area contributed by atoms with Gasteiger partial charge in [0.2, 0.25) is 0 Å². The highest BCUT2D eigenvalue weighted by Gasteiger charge is 2.41. The van der Waals surface area contributed by atoms with Gasteiger partial charge in [-0.1, -0.05) is 12.1 Å². The van der Waals surface area contributed by atoms with Crippen molar-refractivity contribution in [2.75, 3.05) is 37.1 Å². The number of halogens is 4. The summed E-state index contributed by atoms with van der Waals surface area (Å²) in [6, 6.07) is 15.5. The maximum atomic E-state index is 15.2. The van der Waals surface area contributed by atoms with Crippen molar-refractivity contribution >= 4 is 44.7 Å². The lowest BCUT2D eigenvalue weighted by atomic mass is 9.99. The van der Waals surface area contributed by atoms with Crippen molar-refractivity contribution in [2.45, 2.75) is 63.5 Å². The highest BCUT2D eigenvalue weighted by atomic mass is 19.1. The Kier molecular flexibility index (Phi) is 12.2. The zero-order chi connectivity index (χ0) is 49.9. The molecule has 4 aromatic carbocycles. The number of hydrogen-bond acceptors (Lipinski definition) is 12. The Morgan fingerprint density at radius 1 is 0.653 bits per heavy atom. The lowest BCUT2D eigenvalue weighted by Crippen LogP contribution is -2.33. The Bertz CT molecular complexity index is 3300. The molecule has 2 aliphatic carbocycles. The number of piperidine rings is 2. The monoisotopic (exact) mass is 978 g/mol. The number of anilines is 2. The van der Waals surface area contributed by atoms with Gasteiger partial charge >= 0.3 is 0 Å². The standard InChI is InChI=1S/2C27H25F2N5O2/c1-33-26-18(13-31-33)25(34-14-15-6-7-17(34)10-15)16(11-20(26)29)12-22(35)21-8-9-30-27(32-21)24-19(28)4-3-5-23(24)36-2;1-33-14-18-25(32-33)20(29)11-16(26(18)34-13-15-6-7-17(34)10-15)12-22(35)21-8-9-30-27(31-21)24-19(28)4-3-5-23(24)36-2/h3-5,8-9,11,13,15,17H,6-7,10,12,14H2,1-2H3;3-5,8-9,11,14-15,17H,6-7,10,12-13H2,1-2H3/t2*15-,17+/m00/s1. The van der Waals surface area contributed by atoms with E-state index < -0.39 is 23.3 Å². The molecule has 2 saturated heterocycles. The lowest BCUT2D eigenvalue weighted by Gasteiger charge is -2.31. The SMILES string of the molecule is COc1cccc(F)c1-c1nccc(C(=O)Cc2cc(F)c3c(cnn3C)c2N2C[C@H]3CC[C@@H]2C3)n1.COc1cccc(F)c1-c1nccc(C(=O)Cc2cc(F)c3nn(C)cc3c2N2C[C@H]3CC[C@@H]2C3)n1. The lowest BCUT2D eigenvalue weighted by molar-refractivity contribution is 0.0980. The predicted molar refractivity (Wildman–Crippen MR) is 262 cm³/mol. The highest BCUT2D eigenvalue weighted by Crippen LogP contribution is 2.46. The largest absolute Gasteiger partial charge is 0.496 e. The molecule has 0 spiro atoms. The van der Waals surface area contributed by atoms with E-state index in [0.717, 1.165) is 50.1 Å². The van der Waals surface area contributed by atoms with Crippen LogP contribution in [0.4, 0.5) is 28.9 Å². The van der Waals surface area contributed by atoms with E-state index in [1.54, 1.807) is 37.1 Å². The molecule has 4 atom stereocenters. The molecular weight excluding hydrogens is 929 g/mol. The molecule has 4 aromatic heterocycles. The molecule has 8 aromatic rings. The van der Waals surface area contributed by atoms with E-state index in [9.17, 15) is 18.4 Å².